The third kappa shape index (κ3) is 3.48. The molecule has 32 heavy (non-hydrogen) atoms. The summed E-state index contributed by atoms with van der Waals surface area (Å²) >= 11 is 0. The standard InChI is InChI=1S/C21H29N7O3S/c1-21(2)8-7-14-17(13-5-4-6-15(13)25-18(14)21)26-20(29)27-32(22,30)16-9-24-28-10-12(23-3)11-31-19(16)28/h9,12,23H,4-8,10-11H2,1-3H3,(H3,22,25,26,27,29,30). The van der Waals surface area contributed by atoms with Gasteiger partial charge in [0, 0.05) is 11.1 Å². The Balaban J connectivity index is 1.47. The molecular weight excluding hydrogens is 430 g/mol. The molecular formula is C21H29N7O3S. The molecule has 172 valence electrons. The molecule has 2 aliphatic carbocycles. The Morgan fingerprint density at radius 1 is 1.34 bits per heavy atom. The number of carbonyl (C=O) groups excluding carboxylic acids is 1. The lowest BCUT2D eigenvalue weighted by Crippen LogP contribution is -2.40. The summed E-state index contributed by atoms with van der Waals surface area (Å²) in [6, 6.07) is -0.641. The molecule has 4 N–H and O–H groups in total. The van der Waals surface area contributed by atoms with Gasteiger partial charge in [-0.2, -0.15) is 5.10 Å². The second-order valence-corrected chi connectivity index (χ2v) is 11.1. The molecule has 2 aromatic rings. The van der Waals surface area contributed by atoms with Gasteiger partial charge < -0.3 is 15.4 Å². The van der Waals surface area contributed by atoms with Gasteiger partial charge in [0.2, 0.25) is 5.88 Å². The number of anilines is 1. The van der Waals surface area contributed by atoms with Gasteiger partial charge in [0.05, 0.1) is 30.2 Å². The lowest BCUT2D eigenvalue weighted by molar-refractivity contribution is 0.184. The van der Waals surface area contributed by atoms with E-state index in [1.54, 1.807) is 4.68 Å². The molecule has 2 aromatic heterocycles. The fourth-order valence-corrected chi connectivity index (χ4v) is 5.89. The Morgan fingerprint density at radius 2 is 2.16 bits per heavy atom. The molecule has 2 unspecified atom stereocenters. The van der Waals surface area contributed by atoms with Crippen molar-refractivity contribution in [3.63, 3.8) is 0 Å². The maximum Gasteiger partial charge on any atom is 0.354 e. The fraction of sp³-hybridized carbons (Fsp3) is 0.571. The molecule has 2 amide bonds. The predicted molar refractivity (Wildman–Crippen MR) is 120 cm³/mol. The third-order valence-corrected chi connectivity index (χ3v) is 8.06. The van der Waals surface area contributed by atoms with Gasteiger partial charge in [-0.05, 0) is 50.3 Å². The second-order valence-electron chi connectivity index (χ2n) is 9.36. The zero-order valence-electron chi connectivity index (χ0n) is 18.6. The topological polar surface area (TPSA) is 137 Å². The number of likely N-dealkylation sites (N-methyl/N-ethyl adjacent to an activating group) is 1. The maximum absolute atomic E-state index is 13.2. The minimum absolute atomic E-state index is 0.0369. The van der Waals surface area contributed by atoms with Crippen LogP contribution in [0.25, 0.3) is 0 Å². The Labute approximate surface area is 187 Å². The van der Waals surface area contributed by atoms with E-state index in [0.717, 1.165) is 60.3 Å². The first-order chi connectivity index (χ1) is 15.2. The van der Waals surface area contributed by atoms with Crippen molar-refractivity contribution in [2.45, 2.75) is 68.8 Å². The number of aryl methyl sites for hydroxylation is 1. The number of pyridine rings is 1. The number of hydrogen-bond donors (Lipinski definition) is 3. The Hall–Kier alpha value is -2.50. The molecule has 10 nitrogen and oxygen atoms in total. The molecule has 0 saturated heterocycles. The van der Waals surface area contributed by atoms with Gasteiger partial charge in [-0.3, -0.25) is 4.98 Å². The number of nitrogens with one attached hydrogen (secondary N) is 2. The lowest BCUT2D eigenvalue weighted by Gasteiger charge is -2.24. The Morgan fingerprint density at radius 3 is 2.94 bits per heavy atom. The van der Waals surface area contributed by atoms with E-state index in [1.165, 1.54) is 6.20 Å². The molecule has 5 rings (SSSR count). The first-order valence-corrected chi connectivity index (χ1v) is 12.5. The zero-order valence-corrected chi connectivity index (χ0v) is 19.4. The van der Waals surface area contributed by atoms with Crippen molar-refractivity contribution in [2.75, 3.05) is 19.0 Å². The summed E-state index contributed by atoms with van der Waals surface area (Å²) in [5.41, 5.74) is 4.96. The number of rotatable bonds is 3. The predicted octanol–water partition coefficient (Wildman–Crippen LogP) is 1.90. The van der Waals surface area contributed by atoms with Crippen LogP contribution in [-0.2, 0) is 41.1 Å². The van der Waals surface area contributed by atoms with Crippen LogP contribution in [0.5, 0.6) is 5.88 Å². The van der Waals surface area contributed by atoms with Crippen LogP contribution in [0, 0.1) is 0 Å². The van der Waals surface area contributed by atoms with Gasteiger partial charge in [-0.15, -0.1) is 4.36 Å². The van der Waals surface area contributed by atoms with E-state index in [-0.39, 0.29) is 16.4 Å². The number of carbonyl (C=O) groups is 1. The highest BCUT2D eigenvalue weighted by Crippen LogP contribution is 2.44. The summed E-state index contributed by atoms with van der Waals surface area (Å²) in [6.45, 7) is 5.30. The van der Waals surface area contributed by atoms with E-state index >= 15 is 0 Å². The zero-order chi connectivity index (χ0) is 22.7. The SMILES string of the molecule is CNC1COc2c(S(N)(=O)=NC(=O)Nc3c4c(nc5c3CCC5(C)C)CCC4)cnn2C1. The molecule has 0 fully saturated rings. The van der Waals surface area contributed by atoms with Crippen molar-refractivity contribution in [1.82, 2.24) is 20.1 Å². The van der Waals surface area contributed by atoms with Gasteiger partial charge in [-0.1, -0.05) is 13.8 Å². The third-order valence-electron chi connectivity index (χ3n) is 6.71. The van der Waals surface area contributed by atoms with E-state index in [2.05, 4.69) is 33.9 Å². The molecule has 0 spiro atoms. The largest absolute Gasteiger partial charge is 0.475 e. The first kappa shape index (κ1) is 21.4. The molecule has 0 radical (unpaired) electrons. The van der Waals surface area contributed by atoms with Crippen LogP contribution in [0.1, 0.15) is 49.2 Å². The Kier molecular flexibility index (Phi) is 5.02. The highest BCUT2D eigenvalue weighted by molar-refractivity contribution is 7.91. The average molecular weight is 460 g/mol. The molecule has 0 saturated carbocycles. The van der Waals surface area contributed by atoms with E-state index < -0.39 is 15.9 Å². The van der Waals surface area contributed by atoms with Crippen molar-refractivity contribution >= 4 is 21.6 Å². The smallest absolute Gasteiger partial charge is 0.354 e. The minimum atomic E-state index is -3.53. The highest BCUT2D eigenvalue weighted by atomic mass is 32.2. The van der Waals surface area contributed by atoms with Crippen molar-refractivity contribution < 1.29 is 13.7 Å². The van der Waals surface area contributed by atoms with Gasteiger partial charge >= 0.3 is 6.03 Å². The monoisotopic (exact) mass is 459 g/mol. The second kappa shape index (κ2) is 7.53. The van der Waals surface area contributed by atoms with Crippen LogP contribution < -0.4 is 20.5 Å². The summed E-state index contributed by atoms with van der Waals surface area (Å²) < 4.78 is 24.4. The van der Waals surface area contributed by atoms with Crippen LogP contribution in [0.2, 0.25) is 0 Å². The molecule has 11 heteroatoms. The number of urea groups is 1. The van der Waals surface area contributed by atoms with Gasteiger partial charge in [0.25, 0.3) is 0 Å². The summed E-state index contributed by atoms with van der Waals surface area (Å²) in [5, 5.41) is 16.3. The van der Waals surface area contributed by atoms with E-state index in [4.69, 9.17) is 14.9 Å². The molecule has 3 aliphatic rings. The van der Waals surface area contributed by atoms with Crippen molar-refractivity contribution in [2.24, 2.45) is 9.50 Å². The van der Waals surface area contributed by atoms with Crippen LogP contribution in [0.4, 0.5) is 10.5 Å². The maximum atomic E-state index is 13.2. The Bertz CT molecular complexity index is 1230. The number of nitrogens with zero attached hydrogens (tertiary/aromatic N) is 4. The van der Waals surface area contributed by atoms with Crippen LogP contribution in [0.15, 0.2) is 15.5 Å². The molecule has 2 atom stereocenters. The van der Waals surface area contributed by atoms with Crippen LogP contribution >= 0.6 is 0 Å². The molecule has 0 aromatic carbocycles. The number of ether oxygens (including phenoxy) is 1. The number of nitrogens with two attached hydrogens (primary N) is 1. The van der Waals surface area contributed by atoms with Gasteiger partial charge in [0.15, 0.2) is 9.92 Å². The number of amides is 2. The van der Waals surface area contributed by atoms with Crippen molar-refractivity contribution in [1.29, 1.82) is 0 Å². The highest BCUT2D eigenvalue weighted by Gasteiger charge is 2.36. The number of aromatic nitrogens is 3. The first-order valence-electron chi connectivity index (χ1n) is 11.0. The lowest BCUT2D eigenvalue weighted by atomic mass is 9.90. The number of hydrogen-bond acceptors (Lipinski definition) is 6. The van der Waals surface area contributed by atoms with Gasteiger partial charge in [-0.25, -0.2) is 18.8 Å². The summed E-state index contributed by atoms with van der Waals surface area (Å²) in [6.07, 6.45) is 5.96. The quantitative estimate of drug-likeness (QED) is 0.641. The van der Waals surface area contributed by atoms with Crippen LogP contribution in [0.3, 0.4) is 0 Å². The molecule has 3 heterocycles. The summed E-state index contributed by atoms with van der Waals surface area (Å²) in [5.74, 6) is 0.299. The summed E-state index contributed by atoms with van der Waals surface area (Å²) in [7, 11) is -1.70. The van der Waals surface area contributed by atoms with E-state index in [9.17, 15) is 9.00 Å². The normalized spacial score (nSPS) is 22.3. The van der Waals surface area contributed by atoms with Crippen molar-refractivity contribution in [3.05, 3.63) is 28.7 Å². The fourth-order valence-electron chi connectivity index (χ4n) is 4.88. The number of fused-ring (bicyclic) bond motifs is 3. The van der Waals surface area contributed by atoms with E-state index in [1.807, 2.05) is 7.05 Å². The van der Waals surface area contributed by atoms with E-state index in [0.29, 0.717) is 19.0 Å². The van der Waals surface area contributed by atoms with Gasteiger partial charge in [0.1, 0.15) is 11.5 Å². The molecule has 0 bridgehead atoms. The van der Waals surface area contributed by atoms with Crippen LogP contribution in [-0.4, -0.2) is 44.7 Å². The van der Waals surface area contributed by atoms with Crippen molar-refractivity contribution in [3.8, 4) is 5.88 Å². The average Bonchev–Trinajstić information content (AvgIpc) is 3.44. The molecule has 1 aliphatic heterocycles. The minimum Gasteiger partial charge on any atom is -0.475 e. The summed E-state index contributed by atoms with van der Waals surface area (Å²) in [4.78, 5) is 18.0.